The molecule has 5 nitrogen and oxygen atoms in total. The molecule has 1 fully saturated rings. The number of tetrazole rings is 1. The van der Waals surface area contributed by atoms with E-state index in [0.29, 0.717) is 6.54 Å². The highest BCUT2D eigenvalue weighted by atomic mass is 15.6. The van der Waals surface area contributed by atoms with E-state index in [9.17, 15) is 0 Å². The topological polar surface area (TPSA) is 69.6 Å². The molecule has 1 aromatic rings. The van der Waals surface area contributed by atoms with Gasteiger partial charge in [0, 0.05) is 0 Å². The minimum Gasteiger partial charge on any atom is -0.324 e. The first-order valence-corrected chi connectivity index (χ1v) is 4.80. The van der Waals surface area contributed by atoms with Gasteiger partial charge in [0.25, 0.3) is 0 Å². The van der Waals surface area contributed by atoms with Crippen molar-refractivity contribution in [3.8, 4) is 0 Å². The van der Waals surface area contributed by atoms with Gasteiger partial charge in [0.2, 0.25) is 0 Å². The van der Waals surface area contributed by atoms with Crippen LogP contribution in [0.15, 0.2) is 0 Å². The fraction of sp³-hybridized carbons (Fsp3) is 0.875. The van der Waals surface area contributed by atoms with Gasteiger partial charge in [-0.05, 0) is 36.1 Å². The second-order valence-electron chi connectivity index (χ2n) is 3.64. The van der Waals surface area contributed by atoms with Gasteiger partial charge in [0.1, 0.15) is 0 Å². The van der Waals surface area contributed by atoms with Crippen LogP contribution in [-0.2, 0) is 12.1 Å². The molecule has 0 bridgehead atoms. The number of hydrogen-bond acceptors (Lipinski definition) is 4. The van der Waals surface area contributed by atoms with E-state index < -0.39 is 0 Å². The molecule has 5 heteroatoms. The van der Waals surface area contributed by atoms with Crippen LogP contribution in [0.3, 0.4) is 0 Å². The van der Waals surface area contributed by atoms with Gasteiger partial charge in [-0.2, -0.15) is 0 Å². The molecule has 0 saturated heterocycles. The molecule has 0 atom stereocenters. The molecule has 0 radical (unpaired) electrons. The Bertz CT molecular complexity index is 283. The summed E-state index contributed by atoms with van der Waals surface area (Å²) in [5.41, 5.74) is 5.74. The first-order valence-electron chi connectivity index (χ1n) is 4.80. The summed E-state index contributed by atoms with van der Waals surface area (Å²) in [6.07, 6.45) is 4.73. The Morgan fingerprint density at radius 3 is 2.77 bits per heavy atom. The Morgan fingerprint density at radius 1 is 1.54 bits per heavy atom. The van der Waals surface area contributed by atoms with E-state index in [0.717, 1.165) is 12.2 Å². The second-order valence-corrected chi connectivity index (χ2v) is 3.64. The Kier molecular flexibility index (Phi) is 2.03. The van der Waals surface area contributed by atoms with Crippen molar-refractivity contribution < 1.29 is 0 Å². The van der Waals surface area contributed by atoms with E-state index in [-0.39, 0.29) is 5.54 Å². The molecule has 1 aliphatic carbocycles. The summed E-state index contributed by atoms with van der Waals surface area (Å²) in [5.74, 6) is 0.807. The van der Waals surface area contributed by atoms with E-state index in [2.05, 4.69) is 22.4 Å². The zero-order chi connectivity index (χ0) is 9.31. The van der Waals surface area contributed by atoms with Gasteiger partial charge in [-0.3, -0.25) is 0 Å². The van der Waals surface area contributed by atoms with Gasteiger partial charge in [0.15, 0.2) is 5.82 Å². The largest absolute Gasteiger partial charge is 0.324 e. The van der Waals surface area contributed by atoms with E-state index in [1.54, 1.807) is 0 Å². The highest BCUT2D eigenvalue weighted by Gasteiger charge is 2.39. The lowest BCUT2D eigenvalue weighted by molar-refractivity contribution is 0.111. The molecule has 13 heavy (non-hydrogen) atoms. The highest BCUT2D eigenvalue weighted by molar-refractivity contribution is 4.96. The summed E-state index contributed by atoms with van der Waals surface area (Å²) in [7, 11) is 0. The van der Waals surface area contributed by atoms with Gasteiger partial charge in [-0.15, -0.1) is 5.10 Å². The molecule has 0 unspecified atom stereocenters. The summed E-state index contributed by atoms with van der Waals surface area (Å²) in [5, 5.41) is 11.6. The van der Waals surface area contributed by atoms with Crippen molar-refractivity contribution in [2.75, 3.05) is 0 Å². The van der Waals surface area contributed by atoms with Crippen molar-refractivity contribution in [3.05, 3.63) is 5.82 Å². The quantitative estimate of drug-likeness (QED) is 0.733. The summed E-state index contributed by atoms with van der Waals surface area (Å²) in [4.78, 5) is 0. The van der Waals surface area contributed by atoms with Crippen molar-refractivity contribution >= 4 is 0 Å². The zero-order valence-electron chi connectivity index (χ0n) is 7.90. The van der Waals surface area contributed by atoms with Crippen LogP contribution in [-0.4, -0.2) is 20.2 Å². The summed E-state index contributed by atoms with van der Waals surface area (Å²) < 4.78 is 1.93. The molecular formula is C8H15N5. The molecule has 2 N–H and O–H groups in total. The van der Waals surface area contributed by atoms with Crippen molar-refractivity contribution in [3.63, 3.8) is 0 Å². The molecule has 1 heterocycles. The van der Waals surface area contributed by atoms with Crippen molar-refractivity contribution in [1.29, 1.82) is 0 Å². The smallest absolute Gasteiger partial charge is 0.165 e. The van der Waals surface area contributed by atoms with Crippen LogP contribution in [0.4, 0.5) is 0 Å². The van der Waals surface area contributed by atoms with Crippen LogP contribution in [0.5, 0.6) is 0 Å². The maximum Gasteiger partial charge on any atom is 0.165 e. The number of nitrogens with two attached hydrogens (primary N) is 1. The lowest BCUT2D eigenvalue weighted by atomic mass is 9.75. The number of hydrogen-bond donors (Lipinski definition) is 1. The summed E-state index contributed by atoms with van der Waals surface area (Å²) >= 11 is 0. The van der Waals surface area contributed by atoms with E-state index in [1.165, 1.54) is 19.3 Å². The summed E-state index contributed by atoms with van der Waals surface area (Å²) in [6.45, 7) is 2.61. The predicted molar refractivity (Wildman–Crippen MR) is 47.8 cm³/mol. The molecule has 2 rings (SSSR count). The molecule has 0 spiro atoms. The molecule has 1 aliphatic rings. The number of aromatic nitrogens is 4. The molecule has 72 valence electrons. The van der Waals surface area contributed by atoms with Gasteiger partial charge in [-0.25, -0.2) is 4.68 Å². The lowest BCUT2D eigenvalue weighted by Crippen LogP contribution is -2.42. The van der Waals surface area contributed by atoms with Gasteiger partial charge in [0.05, 0.1) is 12.1 Å². The first kappa shape index (κ1) is 8.62. The van der Waals surface area contributed by atoms with Crippen molar-refractivity contribution in [2.45, 2.75) is 44.7 Å². The van der Waals surface area contributed by atoms with Crippen LogP contribution in [0, 0.1) is 0 Å². The maximum atomic E-state index is 5.56. The molecular weight excluding hydrogens is 166 g/mol. The van der Waals surface area contributed by atoms with Gasteiger partial charge >= 0.3 is 0 Å². The van der Waals surface area contributed by atoms with Crippen molar-refractivity contribution in [2.24, 2.45) is 5.73 Å². The maximum absolute atomic E-state index is 5.56. The third kappa shape index (κ3) is 1.14. The normalized spacial score (nSPS) is 19.8. The van der Waals surface area contributed by atoms with Gasteiger partial charge in [-0.1, -0.05) is 6.92 Å². The average Bonchev–Trinajstić information content (AvgIpc) is 2.52. The minimum atomic E-state index is 0.179. The van der Waals surface area contributed by atoms with Crippen LogP contribution in [0.2, 0.25) is 0 Å². The Balaban J connectivity index is 2.32. The van der Waals surface area contributed by atoms with E-state index >= 15 is 0 Å². The molecule has 1 saturated carbocycles. The SMILES string of the molecule is CCC1(n2nnnc2CN)CCC1. The minimum absolute atomic E-state index is 0.179. The fourth-order valence-electron chi connectivity index (χ4n) is 2.00. The summed E-state index contributed by atoms with van der Waals surface area (Å²) in [6, 6.07) is 0. The van der Waals surface area contributed by atoms with E-state index in [4.69, 9.17) is 5.73 Å². The first-order chi connectivity index (χ1) is 6.32. The Labute approximate surface area is 77.3 Å². The Hall–Kier alpha value is -0.970. The third-order valence-corrected chi connectivity index (χ3v) is 3.11. The van der Waals surface area contributed by atoms with Crippen LogP contribution < -0.4 is 5.73 Å². The highest BCUT2D eigenvalue weighted by Crippen LogP contribution is 2.41. The lowest BCUT2D eigenvalue weighted by Gasteiger charge is -2.41. The second kappa shape index (κ2) is 3.06. The molecule has 1 aromatic heterocycles. The van der Waals surface area contributed by atoms with Gasteiger partial charge < -0.3 is 5.73 Å². The van der Waals surface area contributed by atoms with Crippen LogP contribution in [0.1, 0.15) is 38.4 Å². The standard InChI is InChI=1S/C8H15N5/c1-2-8(4-3-5-8)13-7(6-9)10-11-12-13/h2-6,9H2,1H3. The Morgan fingerprint density at radius 2 is 2.31 bits per heavy atom. The average molecular weight is 181 g/mol. The van der Waals surface area contributed by atoms with Crippen molar-refractivity contribution in [1.82, 2.24) is 20.2 Å². The molecule has 0 aliphatic heterocycles. The predicted octanol–water partition coefficient (Wildman–Crippen LogP) is 0.421. The number of rotatable bonds is 3. The van der Waals surface area contributed by atoms with Crippen LogP contribution in [0.25, 0.3) is 0 Å². The molecule has 0 aromatic carbocycles. The van der Waals surface area contributed by atoms with Crippen LogP contribution >= 0.6 is 0 Å². The third-order valence-electron chi connectivity index (χ3n) is 3.11. The van der Waals surface area contributed by atoms with E-state index in [1.807, 2.05) is 4.68 Å². The fourth-order valence-corrected chi connectivity index (χ4v) is 2.00. The zero-order valence-corrected chi connectivity index (χ0v) is 7.90. The molecule has 0 amide bonds. The number of nitrogens with zero attached hydrogens (tertiary/aromatic N) is 4. The monoisotopic (exact) mass is 181 g/mol.